The van der Waals surface area contributed by atoms with E-state index in [2.05, 4.69) is 10.4 Å². The van der Waals surface area contributed by atoms with Crippen LogP contribution in [0.25, 0.3) is 0 Å². The lowest BCUT2D eigenvalue weighted by Crippen LogP contribution is -2.37. The molecule has 0 aromatic carbocycles. The molecule has 3 aliphatic carbocycles. The molecule has 5 rings (SSSR count). The summed E-state index contributed by atoms with van der Waals surface area (Å²) >= 11 is 5.93. The summed E-state index contributed by atoms with van der Waals surface area (Å²) in [5.74, 6) is 0.344. The zero-order valence-electron chi connectivity index (χ0n) is 13.7. The van der Waals surface area contributed by atoms with E-state index >= 15 is 0 Å². The maximum absolute atomic E-state index is 11.0. The third-order valence-electron chi connectivity index (χ3n) is 6.51. The highest BCUT2D eigenvalue weighted by Gasteiger charge is 2.85. The van der Waals surface area contributed by atoms with Crippen molar-refractivity contribution in [2.75, 3.05) is 11.6 Å². The van der Waals surface area contributed by atoms with Crippen molar-refractivity contribution in [3.63, 3.8) is 0 Å². The lowest BCUT2D eigenvalue weighted by atomic mass is 10.2. The van der Waals surface area contributed by atoms with Gasteiger partial charge >= 0.3 is 5.97 Å². The van der Waals surface area contributed by atoms with Crippen LogP contribution in [0.2, 0.25) is 5.15 Å². The Kier molecular flexibility index (Phi) is 3.24. The maximum Gasteiger partial charge on any atom is 0.338 e. The first kappa shape index (κ1) is 15.6. The van der Waals surface area contributed by atoms with E-state index in [1.165, 1.54) is 31.7 Å². The van der Waals surface area contributed by atoms with Gasteiger partial charge in [-0.1, -0.05) is 11.6 Å². The molecule has 2 spiro atoms. The van der Waals surface area contributed by atoms with Crippen LogP contribution < -0.4 is 10.4 Å². The third-order valence-corrected chi connectivity index (χ3v) is 6.80. The largest absolute Gasteiger partial charge is 0.478 e. The molecule has 1 aromatic rings. The number of aromatic carboxylic acids is 1. The Morgan fingerprint density at radius 2 is 2.08 bits per heavy atom. The van der Waals surface area contributed by atoms with E-state index in [0.717, 1.165) is 29.8 Å². The molecule has 6 nitrogen and oxygen atoms in total. The highest BCUT2D eigenvalue weighted by Crippen LogP contribution is 2.93. The summed E-state index contributed by atoms with van der Waals surface area (Å²) in [4.78, 5) is 15.1. The number of rotatable bonds is 6. The molecule has 1 atom stereocenters. The quantitative estimate of drug-likeness (QED) is 0.758. The van der Waals surface area contributed by atoms with Gasteiger partial charge in [-0.05, 0) is 67.1 Å². The molecule has 2 heterocycles. The molecule has 2 N–H and O–H groups in total. The van der Waals surface area contributed by atoms with Crippen molar-refractivity contribution in [3.8, 4) is 0 Å². The number of nitrogens with zero attached hydrogens (tertiary/aromatic N) is 2. The number of aromatic nitrogens is 1. The third kappa shape index (κ3) is 2.31. The van der Waals surface area contributed by atoms with Crippen LogP contribution in [-0.4, -0.2) is 28.9 Å². The summed E-state index contributed by atoms with van der Waals surface area (Å²) < 4.78 is 5.95. The van der Waals surface area contributed by atoms with Gasteiger partial charge in [0, 0.05) is 12.8 Å². The molecular weight excluding hydrogens is 342 g/mol. The van der Waals surface area contributed by atoms with E-state index in [-0.39, 0.29) is 16.9 Å². The molecule has 3 fully saturated rings. The number of ether oxygens (including phenoxy) is 1. The van der Waals surface area contributed by atoms with E-state index in [4.69, 9.17) is 21.4 Å². The van der Waals surface area contributed by atoms with Crippen LogP contribution in [-0.2, 0) is 4.74 Å². The average Bonchev–Trinajstić information content (AvgIpc) is 3.53. The highest BCUT2D eigenvalue weighted by molar-refractivity contribution is 6.32. The zero-order valence-corrected chi connectivity index (χ0v) is 14.5. The Labute approximate surface area is 150 Å². The minimum absolute atomic E-state index is 0.00571. The molecule has 7 heteroatoms. The van der Waals surface area contributed by atoms with Crippen molar-refractivity contribution in [2.24, 2.45) is 16.7 Å². The van der Waals surface area contributed by atoms with Crippen molar-refractivity contribution in [1.29, 1.82) is 0 Å². The minimum Gasteiger partial charge on any atom is -0.478 e. The second kappa shape index (κ2) is 5.19. The molecule has 1 aliphatic heterocycles. The number of pyridine rings is 1. The fraction of sp³-hybridized carbons (Fsp3) is 0.556. The van der Waals surface area contributed by atoms with E-state index in [1.54, 1.807) is 11.1 Å². The first-order chi connectivity index (χ1) is 12.1. The van der Waals surface area contributed by atoms with Gasteiger partial charge in [-0.3, -0.25) is 5.01 Å². The molecule has 1 unspecified atom stereocenters. The Morgan fingerprint density at radius 3 is 2.68 bits per heavy atom. The van der Waals surface area contributed by atoms with Crippen molar-refractivity contribution >= 4 is 23.4 Å². The number of hydrogen-bond donors (Lipinski definition) is 2. The number of hydrazine groups is 1. The molecule has 1 aromatic heterocycles. The molecule has 4 aliphatic rings. The molecule has 0 amide bonds. The van der Waals surface area contributed by atoms with E-state index in [1.807, 2.05) is 12.3 Å². The number of nitrogens with one attached hydrogen (secondary N) is 1. The fourth-order valence-corrected chi connectivity index (χ4v) is 5.24. The molecule has 25 heavy (non-hydrogen) atoms. The lowest BCUT2D eigenvalue weighted by molar-refractivity contribution is 0.0624. The summed E-state index contributed by atoms with van der Waals surface area (Å²) in [6, 6.07) is 3.07. The Balaban J connectivity index is 1.14. The summed E-state index contributed by atoms with van der Waals surface area (Å²) in [6.07, 6.45) is 10.5. The van der Waals surface area contributed by atoms with Gasteiger partial charge in [0.05, 0.1) is 5.56 Å². The number of carbonyl (C=O) groups is 1. The van der Waals surface area contributed by atoms with Gasteiger partial charge in [-0.2, -0.15) is 5.43 Å². The molecule has 0 radical (unpaired) electrons. The number of hydrogen-bond acceptors (Lipinski definition) is 5. The normalized spacial score (nSPS) is 27.2. The second-order valence-corrected chi connectivity index (χ2v) is 7.96. The van der Waals surface area contributed by atoms with Crippen LogP contribution in [0, 0.1) is 16.7 Å². The van der Waals surface area contributed by atoms with Crippen LogP contribution in [0.5, 0.6) is 0 Å². The molecule has 0 saturated heterocycles. The van der Waals surface area contributed by atoms with Gasteiger partial charge < -0.3 is 9.84 Å². The number of carboxylic acids is 1. The van der Waals surface area contributed by atoms with Crippen LogP contribution >= 0.6 is 11.6 Å². The van der Waals surface area contributed by atoms with E-state index in [0.29, 0.717) is 5.82 Å². The predicted octanol–water partition coefficient (Wildman–Crippen LogP) is 3.19. The van der Waals surface area contributed by atoms with Crippen molar-refractivity contribution in [1.82, 2.24) is 10.4 Å². The van der Waals surface area contributed by atoms with Crippen molar-refractivity contribution < 1.29 is 14.6 Å². The Hall–Kier alpha value is -1.63. The zero-order chi connectivity index (χ0) is 17.2. The topological polar surface area (TPSA) is 74.7 Å². The first-order valence-corrected chi connectivity index (χ1v) is 9.19. The molecule has 0 bridgehead atoms. The number of halogens is 1. The Bertz CT molecular complexity index is 755. The van der Waals surface area contributed by atoms with E-state index in [9.17, 15) is 4.79 Å². The average molecular weight is 362 g/mol. The van der Waals surface area contributed by atoms with Crippen LogP contribution in [0.4, 0.5) is 5.82 Å². The molecular formula is C18H20ClN3O3. The number of anilines is 1. The fourth-order valence-electron chi connectivity index (χ4n) is 5.01. The van der Waals surface area contributed by atoms with Crippen LogP contribution in [0.15, 0.2) is 24.4 Å². The summed E-state index contributed by atoms with van der Waals surface area (Å²) in [7, 11) is 0. The van der Waals surface area contributed by atoms with Gasteiger partial charge in [-0.15, -0.1) is 0 Å². The molecule has 132 valence electrons. The van der Waals surface area contributed by atoms with Crippen molar-refractivity contribution in [3.05, 3.63) is 35.1 Å². The predicted molar refractivity (Wildman–Crippen MR) is 92.1 cm³/mol. The SMILES string of the molecule is O=C(O)c1ccc(N2C=CC(OCCC3C4(CC4)C34CC4)N2)nc1Cl. The molecule has 3 saturated carbocycles. The first-order valence-electron chi connectivity index (χ1n) is 8.81. The van der Waals surface area contributed by atoms with Gasteiger partial charge in [-0.25, -0.2) is 9.78 Å². The van der Waals surface area contributed by atoms with Gasteiger partial charge in [0.1, 0.15) is 17.2 Å². The summed E-state index contributed by atoms with van der Waals surface area (Å²) in [5, 5.41) is 10.7. The number of carboxylic acid groups (broad SMARTS) is 1. The highest BCUT2D eigenvalue weighted by atomic mass is 35.5. The van der Waals surface area contributed by atoms with Crippen molar-refractivity contribution in [2.45, 2.75) is 38.3 Å². The minimum atomic E-state index is -1.09. The van der Waals surface area contributed by atoms with Gasteiger partial charge in [0.2, 0.25) is 0 Å². The monoisotopic (exact) mass is 361 g/mol. The summed E-state index contributed by atoms with van der Waals surface area (Å²) in [6.45, 7) is 0.760. The van der Waals surface area contributed by atoms with Crippen LogP contribution in [0.1, 0.15) is 42.5 Å². The smallest absolute Gasteiger partial charge is 0.338 e. The Morgan fingerprint density at radius 1 is 1.36 bits per heavy atom. The number of fused-ring (bicyclic) bond motifs is 1. The maximum atomic E-state index is 11.0. The van der Waals surface area contributed by atoms with Gasteiger partial charge in [0.15, 0.2) is 0 Å². The standard InChI is InChI=1S/C18H20ClN3O3/c19-15-11(16(23)24)1-2-13(20-15)22-9-3-14(21-22)25-10-4-12-17(5-6-17)18(12)7-8-18/h1-3,9,12,14,21H,4-8,10H2,(H,23,24). The van der Waals surface area contributed by atoms with Crippen LogP contribution in [0.3, 0.4) is 0 Å². The lowest BCUT2D eigenvalue weighted by Gasteiger charge is -2.19. The summed E-state index contributed by atoms with van der Waals surface area (Å²) in [5.41, 5.74) is 4.64. The van der Waals surface area contributed by atoms with E-state index < -0.39 is 5.97 Å². The second-order valence-electron chi connectivity index (χ2n) is 7.60. The van der Waals surface area contributed by atoms with Gasteiger partial charge in [0.25, 0.3) is 0 Å².